The second kappa shape index (κ2) is 11.0. The number of thiophene rings is 1. The Bertz CT molecular complexity index is 1150. The van der Waals surface area contributed by atoms with Crippen LogP contribution in [0.2, 0.25) is 0 Å². The van der Waals surface area contributed by atoms with Crippen LogP contribution in [0, 0.1) is 16.2 Å². The van der Waals surface area contributed by atoms with Gasteiger partial charge in [0.1, 0.15) is 17.3 Å². The molecule has 14 heteroatoms. The van der Waals surface area contributed by atoms with Crippen molar-refractivity contribution in [2.75, 3.05) is 4.90 Å². The quantitative estimate of drug-likeness (QED) is 0.194. The average molecular weight is 510 g/mol. The number of carbonyl (C=O) groups excluding carboxylic acids is 2. The van der Waals surface area contributed by atoms with Crippen LogP contribution in [0.5, 0.6) is 0 Å². The van der Waals surface area contributed by atoms with E-state index in [1.807, 2.05) is 0 Å². The average Bonchev–Trinajstić information content (AvgIpc) is 3.23. The van der Waals surface area contributed by atoms with Crippen molar-refractivity contribution in [3.8, 4) is 0 Å². The second-order valence-corrected chi connectivity index (χ2v) is 9.04. The van der Waals surface area contributed by atoms with Gasteiger partial charge in [0.05, 0.1) is 23.2 Å². The number of hydrogen-bond acceptors (Lipinski definition) is 9. The summed E-state index contributed by atoms with van der Waals surface area (Å²) in [4.78, 5) is 33.5. The minimum atomic E-state index is -5.13. The summed E-state index contributed by atoms with van der Waals surface area (Å²) in [5, 5.41) is 25.3. The van der Waals surface area contributed by atoms with E-state index >= 15 is 0 Å². The summed E-state index contributed by atoms with van der Waals surface area (Å²) in [6.45, 7) is 4.95. The van der Waals surface area contributed by atoms with Crippen LogP contribution in [0.25, 0.3) is 0 Å². The van der Waals surface area contributed by atoms with Gasteiger partial charge in [0.25, 0.3) is 0 Å². The summed E-state index contributed by atoms with van der Waals surface area (Å²) in [5.41, 5.74) is -1.01. The molecule has 0 bridgehead atoms. The van der Waals surface area contributed by atoms with Gasteiger partial charge in [-0.1, -0.05) is 0 Å². The fourth-order valence-corrected chi connectivity index (χ4v) is 3.34. The number of nitrogens with zero attached hydrogens (tertiary/aromatic N) is 3. The Hall–Kier alpha value is -3.94. The third-order valence-corrected chi connectivity index (χ3v) is 5.00. The van der Waals surface area contributed by atoms with Gasteiger partial charge in [-0.25, -0.2) is 9.78 Å². The summed E-state index contributed by atoms with van der Waals surface area (Å²) < 4.78 is 42.6. The Morgan fingerprint density at radius 3 is 2.43 bits per heavy atom. The predicted molar refractivity (Wildman–Crippen MR) is 124 cm³/mol. The Labute approximate surface area is 202 Å². The number of amidine groups is 2. The van der Waals surface area contributed by atoms with Crippen LogP contribution >= 0.6 is 11.3 Å². The highest BCUT2D eigenvalue weighted by atomic mass is 32.1. The number of anilines is 1. The van der Waals surface area contributed by atoms with E-state index in [1.165, 1.54) is 40.9 Å². The van der Waals surface area contributed by atoms with Crippen LogP contribution in [0.1, 0.15) is 30.5 Å². The van der Waals surface area contributed by atoms with Crippen LogP contribution < -0.4 is 10.2 Å². The summed E-state index contributed by atoms with van der Waals surface area (Å²) in [6, 6.07) is 2.87. The highest BCUT2D eigenvalue weighted by Crippen LogP contribution is 2.23. The molecule has 10 nitrogen and oxygen atoms in total. The minimum Gasteiger partial charge on any atom is -0.456 e. The van der Waals surface area contributed by atoms with Gasteiger partial charge in [0, 0.05) is 23.5 Å². The van der Waals surface area contributed by atoms with E-state index in [1.54, 1.807) is 20.8 Å². The largest absolute Gasteiger partial charge is 0.471 e. The van der Waals surface area contributed by atoms with Gasteiger partial charge in [0.15, 0.2) is 5.82 Å². The van der Waals surface area contributed by atoms with Crippen molar-refractivity contribution in [3.05, 3.63) is 52.1 Å². The molecule has 35 heavy (non-hydrogen) atoms. The number of rotatable bonds is 7. The molecular formula is C21H22F3N7O3S. The zero-order chi connectivity index (χ0) is 26.4. The molecular weight excluding hydrogens is 487 g/mol. The molecule has 0 aliphatic carbocycles. The monoisotopic (exact) mass is 509 g/mol. The molecule has 0 saturated carbocycles. The van der Waals surface area contributed by atoms with Crippen LogP contribution in [0.3, 0.4) is 0 Å². The number of carbonyl (C=O) groups is 2. The van der Waals surface area contributed by atoms with E-state index in [0.29, 0.717) is 4.88 Å². The molecule has 0 fully saturated rings. The molecule has 2 rings (SSSR count). The van der Waals surface area contributed by atoms with Gasteiger partial charge < -0.3 is 20.4 Å². The van der Waals surface area contributed by atoms with Gasteiger partial charge in [-0.15, -0.1) is 11.3 Å². The molecule has 0 spiro atoms. The van der Waals surface area contributed by atoms with Crippen molar-refractivity contribution in [3.63, 3.8) is 0 Å². The van der Waals surface area contributed by atoms with E-state index in [-0.39, 0.29) is 28.6 Å². The first-order valence-corrected chi connectivity index (χ1v) is 10.7. The number of amides is 1. The van der Waals surface area contributed by atoms with E-state index in [9.17, 15) is 22.8 Å². The maximum absolute atomic E-state index is 12.5. The van der Waals surface area contributed by atoms with Crippen LogP contribution in [-0.2, 0) is 20.9 Å². The lowest BCUT2D eigenvalue weighted by atomic mass is 10.2. The molecule has 0 aliphatic rings. The normalized spacial score (nSPS) is 12.0. The maximum Gasteiger partial charge on any atom is 0.471 e. The summed E-state index contributed by atoms with van der Waals surface area (Å²) in [6.07, 6.45) is 0.907. The van der Waals surface area contributed by atoms with E-state index in [4.69, 9.17) is 21.0 Å². The van der Waals surface area contributed by atoms with E-state index < -0.39 is 29.5 Å². The molecule has 2 heterocycles. The number of alkyl halides is 3. The molecule has 0 unspecified atom stereocenters. The van der Waals surface area contributed by atoms with Crippen molar-refractivity contribution in [2.24, 2.45) is 0 Å². The summed E-state index contributed by atoms with van der Waals surface area (Å²) >= 11 is 0.923. The van der Waals surface area contributed by atoms with Crippen molar-refractivity contribution in [2.45, 2.75) is 39.1 Å². The first-order chi connectivity index (χ1) is 16.2. The number of halogens is 3. The molecule has 0 saturated heterocycles. The first kappa shape index (κ1) is 27.3. The third-order valence-electron chi connectivity index (χ3n) is 3.92. The predicted octanol–water partition coefficient (Wildman–Crippen LogP) is 3.44. The Kier molecular flexibility index (Phi) is 8.57. The van der Waals surface area contributed by atoms with Crippen molar-refractivity contribution in [1.82, 2.24) is 15.3 Å². The van der Waals surface area contributed by atoms with E-state index in [0.717, 1.165) is 23.6 Å². The minimum absolute atomic E-state index is 0.0290. The Morgan fingerprint density at radius 1 is 1.20 bits per heavy atom. The van der Waals surface area contributed by atoms with Gasteiger partial charge >= 0.3 is 18.1 Å². The lowest BCUT2D eigenvalue weighted by Crippen LogP contribution is -2.40. The molecule has 0 atom stereocenters. The molecule has 2 aromatic heterocycles. The molecule has 186 valence electrons. The van der Waals surface area contributed by atoms with Crippen LogP contribution in [0.15, 0.2) is 42.4 Å². The van der Waals surface area contributed by atoms with Crippen LogP contribution in [-0.4, -0.2) is 51.5 Å². The van der Waals surface area contributed by atoms with Crippen molar-refractivity contribution >= 4 is 46.9 Å². The van der Waals surface area contributed by atoms with Gasteiger partial charge in [0.2, 0.25) is 0 Å². The molecule has 1 amide bonds. The SMILES string of the molecule is CC(C)(C)OC(=O)/C(C=N)=C/C(=N)N(Cc1ccc(C(=N)NC(=O)C(F)(F)F)s1)c1cnccn1. The molecule has 2 aromatic rings. The maximum atomic E-state index is 12.5. The first-order valence-electron chi connectivity index (χ1n) is 9.84. The number of aromatic nitrogens is 2. The van der Waals surface area contributed by atoms with Crippen molar-refractivity contribution < 1.29 is 27.5 Å². The standard InChI is InChI=1S/C21H22F3N7O3S/c1-20(2,3)34-18(32)12(9-25)8-15(26)31(16-10-28-6-7-29-16)11-13-4-5-14(35-13)17(27)30-19(33)21(22,23)24/h4-10,25-26H,11H2,1-3H3,(H2,27,30,33)/b12-8+,25-9?,26-15?. The molecule has 4 N–H and O–H groups in total. The third kappa shape index (κ3) is 8.10. The van der Waals surface area contributed by atoms with Crippen molar-refractivity contribution in [1.29, 1.82) is 16.2 Å². The number of hydrogen-bond donors (Lipinski definition) is 4. The topological polar surface area (TPSA) is 156 Å². The van der Waals surface area contributed by atoms with Gasteiger partial charge in [-0.05, 0) is 39.0 Å². The molecule has 0 aliphatic heterocycles. The summed E-state index contributed by atoms with van der Waals surface area (Å²) in [5.74, 6) is -3.81. The molecule has 0 radical (unpaired) electrons. The number of esters is 1. The Morgan fingerprint density at radius 2 is 1.89 bits per heavy atom. The second-order valence-electron chi connectivity index (χ2n) is 7.87. The Balaban J connectivity index is 2.30. The smallest absolute Gasteiger partial charge is 0.456 e. The number of nitrogens with one attached hydrogen (secondary N) is 4. The van der Waals surface area contributed by atoms with Crippen LogP contribution in [0.4, 0.5) is 19.0 Å². The highest BCUT2D eigenvalue weighted by Gasteiger charge is 2.39. The fourth-order valence-electron chi connectivity index (χ4n) is 2.44. The summed E-state index contributed by atoms with van der Waals surface area (Å²) in [7, 11) is 0. The lowest BCUT2D eigenvalue weighted by molar-refractivity contribution is -0.171. The van der Waals surface area contributed by atoms with Gasteiger partial charge in [-0.3, -0.25) is 20.6 Å². The van der Waals surface area contributed by atoms with Gasteiger partial charge in [-0.2, -0.15) is 13.2 Å². The molecule has 0 aromatic carbocycles. The highest BCUT2D eigenvalue weighted by molar-refractivity contribution is 7.14. The van der Waals surface area contributed by atoms with E-state index in [2.05, 4.69) is 9.97 Å². The lowest BCUT2D eigenvalue weighted by Gasteiger charge is -2.23. The number of ether oxygens (including phenoxy) is 1. The fraction of sp³-hybridized carbons (Fsp3) is 0.286. The zero-order valence-corrected chi connectivity index (χ0v) is 19.7. The zero-order valence-electron chi connectivity index (χ0n) is 18.9.